The molecule has 1 aliphatic carbocycles. The van der Waals surface area contributed by atoms with Gasteiger partial charge in [-0.2, -0.15) is 0 Å². The van der Waals surface area contributed by atoms with Gasteiger partial charge in [-0.1, -0.05) is 11.3 Å². The Morgan fingerprint density at radius 2 is 2.28 bits per heavy atom. The van der Waals surface area contributed by atoms with Crippen LogP contribution in [0.1, 0.15) is 24.1 Å². The van der Waals surface area contributed by atoms with E-state index < -0.39 is 0 Å². The highest BCUT2D eigenvalue weighted by molar-refractivity contribution is 9.10. The summed E-state index contributed by atoms with van der Waals surface area (Å²) >= 11 is 3.57. The third-order valence-electron chi connectivity index (χ3n) is 3.10. The van der Waals surface area contributed by atoms with E-state index in [0.29, 0.717) is 6.04 Å². The molecule has 1 heterocycles. The van der Waals surface area contributed by atoms with Gasteiger partial charge < -0.3 is 5.32 Å². The van der Waals surface area contributed by atoms with Gasteiger partial charge in [0.2, 0.25) is 0 Å². The molecular weight excluding hydrogens is 292 g/mol. The molecule has 0 bridgehead atoms. The minimum atomic E-state index is 0.689. The van der Waals surface area contributed by atoms with Crippen LogP contribution in [0, 0.1) is 6.92 Å². The van der Waals surface area contributed by atoms with E-state index in [1.807, 2.05) is 16.9 Å². The van der Waals surface area contributed by atoms with Crippen molar-refractivity contribution in [2.75, 3.05) is 0 Å². The summed E-state index contributed by atoms with van der Waals surface area (Å²) in [6.07, 6.45) is 4.40. The summed E-state index contributed by atoms with van der Waals surface area (Å²) in [6, 6.07) is 6.92. The van der Waals surface area contributed by atoms with Crippen LogP contribution in [0.4, 0.5) is 0 Å². The first-order valence-corrected chi connectivity index (χ1v) is 6.93. The van der Waals surface area contributed by atoms with Crippen LogP contribution in [0.5, 0.6) is 0 Å². The lowest BCUT2D eigenvalue weighted by molar-refractivity contribution is 0.646. The van der Waals surface area contributed by atoms with Gasteiger partial charge in [-0.3, -0.25) is 0 Å². The molecule has 94 valence electrons. The van der Waals surface area contributed by atoms with E-state index in [1.165, 1.54) is 18.4 Å². The van der Waals surface area contributed by atoms with Crippen molar-refractivity contribution in [2.24, 2.45) is 0 Å². The highest BCUT2D eigenvalue weighted by Gasteiger charge is 2.21. The molecule has 1 aromatic carbocycles. The molecule has 0 saturated heterocycles. The van der Waals surface area contributed by atoms with E-state index in [4.69, 9.17) is 0 Å². The van der Waals surface area contributed by atoms with Crippen LogP contribution >= 0.6 is 15.9 Å². The van der Waals surface area contributed by atoms with Gasteiger partial charge in [-0.05, 0) is 53.4 Å². The lowest BCUT2D eigenvalue weighted by Gasteiger charge is -2.09. The predicted molar refractivity (Wildman–Crippen MR) is 73.7 cm³/mol. The SMILES string of the molecule is Cc1ccc(Br)c(-n2nncc2CNC2CC2)c1. The molecule has 4 nitrogen and oxygen atoms in total. The van der Waals surface area contributed by atoms with E-state index in [0.717, 1.165) is 22.4 Å². The smallest absolute Gasteiger partial charge is 0.0811 e. The standard InChI is InChI=1S/C13H15BrN4/c1-9-2-5-12(14)13(6-9)18-11(8-16-17-18)7-15-10-3-4-10/h2,5-6,8,10,15H,3-4,7H2,1H3. The number of nitrogens with zero attached hydrogens (tertiary/aromatic N) is 3. The minimum Gasteiger partial charge on any atom is -0.308 e. The van der Waals surface area contributed by atoms with Crippen LogP contribution in [-0.4, -0.2) is 21.0 Å². The highest BCUT2D eigenvalue weighted by atomic mass is 79.9. The summed E-state index contributed by atoms with van der Waals surface area (Å²) in [4.78, 5) is 0. The van der Waals surface area contributed by atoms with Crippen LogP contribution in [0.2, 0.25) is 0 Å². The molecule has 3 rings (SSSR count). The number of hydrogen-bond donors (Lipinski definition) is 1. The maximum atomic E-state index is 4.18. The number of rotatable bonds is 4. The molecule has 0 aliphatic heterocycles. The third-order valence-corrected chi connectivity index (χ3v) is 3.77. The normalized spacial score (nSPS) is 15.0. The van der Waals surface area contributed by atoms with Crippen molar-refractivity contribution in [3.05, 3.63) is 40.1 Å². The molecule has 0 atom stereocenters. The van der Waals surface area contributed by atoms with Gasteiger partial charge in [0.15, 0.2) is 0 Å². The van der Waals surface area contributed by atoms with Crippen molar-refractivity contribution in [3.8, 4) is 5.69 Å². The van der Waals surface area contributed by atoms with Gasteiger partial charge >= 0.3 is 0 Å². The first-order valence-electron chi connectivity index (χ1n) is 6.13. The Morgan fingerprint density at radius 3 is 3.06 bits per heavy atom. The molecule has 2 aromatic rings. The molecule has 18 heavy (non-hydrogen) atoms. The van der Waals surface area contributed by atoms with Crippen molar-refractivity contribution in [2.45, 2.75) is 32.4 Å². The van der Waals surface area contributed by atoms with Gasteiger partial charge in [0.1, 0.15) is 0 Å². The highest BCUT2D eigenvalue weighted by Crippen LogP contribution is 2.23. The quantitative estimate of drug-likeness (QED) is 0.944. The number of aromatic nitrogens is 3. The zero-order valence-corrected chi connectivity index (χ0v) is 11.8. The summed E-state index contributed by atoms with van der Waals surface area (Å²) in [5.41, 5.74) is 3.35. The van der Waals surface area contributed by atoms with Gasteiger partial charge in [-0.15, -0.1) is 5.10 Å². The van der Waals surface area contributed by atoms with Gasteiger partial charge in [0, 0.05) is 17.1 Å². The van der Waals surface area contributed by atoms with Crippen LogP contribution in [0.3, 0.4) is 0 Å². The Bertz CT molecular complexity index is 560. The number of nitrogens with one attached hydrogen (secondary N) is 1. The van der Waals surface area contributed by atoms with Crippen molar-refractivity contribution >= 4 is 15.9 Å². The number of aryl methyl sites for hydroxylation is 1. The molecular formula is C13H15BrN4. The summed E-state index contributed by atoms with van der Waals surface area (Å²) < 4.78 is 2.93. The third kappa shape index (κ3) is 2.47. The Balaban J connectivity index is 1.90. The molecule has 1 N–H and O–H groups in total. The molecule has 0 spiro atoms. The van der Waals surface area contributed by atoms with Crippen LogP contribution in [-0.2, 0) is 6.54 Å². The van der Waals surface area contributed by atoms with Gasteiger partial charge in [-0.25, -0.2) is 4.68 Å². The van der Waals surface area contributed by atoms with E-state index in [9.17, 15) is 0 Å². The molecule has 1 aromatic heterocycles. The van der Waals surface area contributed by atoms with E-state index in [-0.39, 0.29) is 0 Å². The first kappa shape index (κ1) is 11.9. The summed E-state index contributed by atoms with van der Waals surface area (Å²) in [5.74, 6) is 0. The summed E-state index contributed by atoms with van der Waals surface area (Å²) in [5, 5.41) is 11.7. The Hall–Kier alpha value is -1.20. The maximum Gasteiger partial charge on any atom is 0.0811 e. The van der Waals surface area contributed by atoms with Crippen molar-refractivity contribution in [1.82, 2.24) is 20.3 Å². The fourth-order valence-electron chi connectivity index (χ4n) is 1.90. The maximum absolute atomic E-state index is 4.18. The minimum absolute atomic E-state index is 0.689. The average Bonchev–Trinajstić information content (AvgIpc) is 3.08. The van der Waals surface area contributed by atoms with Gasteiger partial charge in [0.05, 0.1) is 17.6 Å². The Kier molecular flexibility index (Phi) is 3.18. The first-order chi connectivity index (χ1) is 8.74. The van der Waals surface area contributed by atoms with Gasteiger partial charge in [0.25, 0.3) is 0 Å². The molecule has 1 fully saturated rings. The number of benzene rings is 1. The largest absolute Gasteiger partial charge is 0.308 e. The second-order valence-electron chi connectivity index (χ2n) is 4.75. The number of hydrogen-bond acceptors (Lipinski definition) is 3. The predicted octanol–water partition coefficient (Wildman–Crippen LogP) is 2.59. The lowest BCUT2D eigenvalue weighted by Crippen LogP contribution is -2.18. The molecule has 5 heteroatoms. The molecule has 0 amide bonds. The van der Waals surface area contributed by atoms with Crippen LogP contribution < -0.4 is 5.32 Å². The zero-order valence-electron chi connectivity index (χ0n) is 10.2. The zero-order chi connectivity index (χ0) is 12.5. The van der Waals surface area contributed by atoms with Crippen molar-refractivity contribution in [1.29, 1.82) is 0 Å². The summed E-state index contributed by atoms with van der Waals surface area (Å²) in [6.45, 7) is 2.90. The molecule has 0 unspecified atom stereocenters. The fourth-order valence-corrected chi connectivity index (χ4v) is 2.32. The van der Waals surface area contributed by atoms with Crippen molar-refractivity contribution in [3.63, 3.8) is 0 Å². The molecule has 1 saturated carbocycles. The molecule has 0 radical (unpaired) electrons. The Morgan fingerprint density at radius 1 is 1.44 bits per heavy atom. The number of halogens is 1. The van der Waals surface area contributed by atoms with E-state index in [2.05, 4.69) is 50.6 Å². The second-order valence-corrected chi connectivity index (χ2v) is 5.60. The lowest BCUT2D eigenvalue weighted by atomic mass is 10.2. The fraction of sp³-hybridized carbons (Fsp3) is 0.385. The molecule has 1 aliphatic rings. The van der Waals surface area contributed by atoms with E-state index in [1.54, 1.807) is 0 Å². The van der Waals surface area contributed by atoms with Crippen molar-refractivity contribution < 1.29 is 0 Å². The topological polar surface area (TPSA) is 42.7 Å². The Labute approximate surface area is 115 Å². The second kappa shape index (κ2) is 4.82. The monoisotopic (exact) mass is 306 g/mol. The average molecular weight is 307 g/mol. The van der Waals surface area contributed by atoms with Crippen LogP contribution in [0.25, 0.3) is 5.69 Å². The summed E-state index contributed by atoms with van der Waals surface area (Å²) in [7, 11) is 0. The van der Waals surface area contributed by atoms with E-state index >= 15 is 0 Å². The van der Waals surface area contributed by atoms with Crippen LogP contribution in [0.15, 0.2) is 28.9 Å².